The Hall–Kier alpha value is -3.82. The predicted molar refractivity (Wildman–Crippen MR) is 84.3 cm³/mol. The first kappa shape index (κ1) is 17.0. The van der Waals surface area contributed by atoms with Crippen LogP contribution in [-0.2, 0) is 0 Å². The zero-order valence-corrected chi connectivity index (χ0v) is 12.8. The first-order valence-corrected chi connectivity index (χ1v) is 7.10. The summed E-state index contributed by atoms with van der Waals surface area (Å²) in [4.78, 5) is 23.3. The van der Waals surface area contributed by atoms with Gasteiger partial charge in [0.15, 0.2) is 17.3 Å². The Bertz CT molecular complexity index is 981. The fourth-order valence-electron chi connectivity index (χ4n) is 2.06. The van der Waals surface area contributed by atoms with E-state index in [2.05, 4.69) is 25.7 Å². The Morgan fingerprint density at radius 1 is 1.00 bits per heavy atom. The average Bonchev–Trinajstić information content (AvgIpc) is 2.65. The molecule has 0 aliphatic rings. The topological polar surface area (TPSA) is 118 Å². The lowest BCUT2D eigenvalue weighted by Crippen LogP contribution is -2.17. The number of carbonyl (C=O) groups is 2. The molecule has 2 N–H and O–H groups in total. The molecule has 8 nitrogen and oxygen atoms in total. The minimum atomic E-state index is -1.52. The van der Waals surface area contributed by atoms with Gasteiger partial charge in [0.05, 0.1) is 29.3 Å². The van der Waals surface area contributed by atoms with E-state index in [4.69, 9.17) is 5.11 Å². The Kier molecular flexibility index (Phi) is 4.56. The highest BCUT2D eigenvalue weighted by Gasteiger charge is 2.18. The Morgan fingerprint density at radius 3 is 2.38 bits per heavy atom. The molecule has 130 valence electrons. The van der Waals surface area contributed by atoms with E-state index < -0.39 is 34.8 Å². The van der Waals surface area contributed by atoms with Crippen LogP contribution in [-0.4, -0.2) is 37.4 Å². The van der Waals surface area contributed by atoms with Crippen molar-refractivity contribution >= 4 is 17.6 Å². The van der Waals surface area contributed by atoms with E-state index in [0.717, 1.165) is 0 Å². The number of rotatable bonds is 4. The van der Waals surface area contributed by atoms with Crippen LogP contribution < -0.4 is 5.32 Å². The minimum Gasteiger partial charge on any atom is -0.478 e. The molecule has 3 rings (SSSR count). The third-order valence-electron chi connectivity index (χ3n) is 3.32. The second kappa shape index (κ2) is 6.97. The van der Waals surface area contributed by atoms with Crippen molar-refractivity contribution in [1.29, 1.82) is 0 Å². The van der Waals surface area contributed by atoms with Gasteiger partial charge in [0.2, 0.25) is 0 Å². The molecule has 1 aromatic carbocycles. The van der Waals surface area contributed by atoms with Crippen LogP contribution in [0.15, 0.2) is 42.7 Å². The van der Waals surface area contributed by atoms with E-state index in [9.17, 15) is 18.4 Å². The quantitative estimate of drug-likeness (QED) is 0.734. The maximum Gasteiger partial charge on any atom is 0.337 e. The van der Waals surface area contributed by atoms with Crippen LogP contribution in [0.2, 0.25) is 0 Å². The van der Waals surface area contributed by atoms with Gasteiger partial charge in [0.25, 0.3) is 5.91 Å². The number of carboxylic acids is 1. The monoisotopic (exact) mass is 357 g/mol. The van der Waals surface area contributed by atoms with Gasteiger partial charge in [-0.1, -0.05) is 0 Å². The lowest BCUT2D eigenvalue weighted by Gasteiger charge is -2.09. The van der Waals surface area contributed by atoms with E-state index in [1.54, 1.807) is 6.07 Å². The second-order valence-corrected chi connectivity index (χ2v) is 5.01. The molecule has 0 saturated carbocycles. The highest BCUT2D eigenvalue weighted by Crippen LogP contribution is 2.21. The largest absolute Gasteiger partial charge is 0.478 e. The van der Waals surface area contributed by atoms with Crippen molar-refractivity contribution in [3.8, 4) is 11.3 Å². The van der Waals surface area contributed by atoms with Crippen molar-refractivity contribution in [3.05, 3.63) is 65.6 Å². The van der Waals surface area contributed by atoms with Crippen molar-refractivity contribution in [3.63, 3.8) is 0 Å². The maximum absolute atomic E-state index is 13.4. The van der Waals surface area contributed by atoms with Crippen LogP contribution in [0.25, 0.3) is 11.3 Å². The zero-order chi connectivity index (χ0) is 18.7. The number of aromatic carboxylic acids is 1. The number of anilines is 1. The van der Waals surface area contributed by atoms with Crippen LogP contribution in [0.4, 0.5) is 14.5 Å². The molecule has 0 atom stereocenters. The van der Waals surface area contributed by atoms with Gasteiger partial charge in [-0.25, -0.2) is 13.6 Å². The summed E-state index contributed by atoms with van der Waals surface area (Å²) in [6.45, 7) is 0. The molecule has 0 saturated heterocycles. The summed E-state index contributed by atoms with van der Waals surface area (Å²) in [5, 5.41) is 26.2. The molecular formula is C16H9F2N5O3. The Balaban J connectivity index is 1.85. The number of nitrogens with one attached hydrogen (secondary N) is 1. The summed E-state index contributed by atoms with van der Waals surface area (Å²) < 4.78 is 26.6. The normalized spacial score (nSPS) is 10.4. The Labute approximate surface area is 144 Å². The molecule has 10 heteroatoms. The van der Waals surface area contributed by atoms with E-state index in [0.29, 0.717) is 23.4 Å². The first-order chi connectivity index (χ1) is 12.5. The zero-order valence-electron chi connectivity index (χ0n) is 12.8. The van der Waals surface area contributed by atoms with Crippen molar-refractivity contribution in [2.45, 2.75) is 0 Å². The van der Waals surface area contributed by atoms with Crippen molar-refractivity contribution in [2.75, 3.05) is 5.32 Å². The number of aromatic nitrogens is 4. The van der Waals surface area contributed by atoms with Gasteiger partial charge in [0.1, 0.15) is 0 Å². The number of amides is 1. The fourth-order valence-corrected chi connectivity index (χ4v) is 2.06. The van der Waals surface area contributed by atoms with Gasteiger partial charge in [-0.15, -0.1) is 10.2 Å². The molecule has 2 aromatic heterocycles. The average molecular weight is 357 g/mol. The highest BCUT2D eigenvalue weighted by atomic mass is 19.2. The van der Waals surface area contributed by atoms with Gasteiger partial charge in [0, 0.05) is 11.6 Å². The van der Waals surface area contributed by atoms with Crippen LogP contribution >= 0.6 is 0 Å². The summed E-state index contributed by atoms with van der Waals surface area (Å²) in [7, 11) is 0. The molecule has 1 amide bonds. The smallest absolute Gasteiger partial charge is 0.337 e. The summed E-state index contributed by atoms with van der Waals surface area (Å²) in [6, 6.07) is 5.57. The molecule has 0 aliphatic carbocycles. The number of hydrogen-bond donors (Lipinski definition) is 2. The first-order valence-electron chi connectivity index (χ1n) is 7.10. The van der Waals surface area contributed by atoms with Crippen molar-refractivity contribution in [1.82, 2.24) is 20.4 Å². The minimum absolute atomic E-state index is 0.142. The molecule has 0 radical (unpaired) electrons. The SMILES string of the molecule is O=C(Nc1cc(F)c(F)cc1C(=O)O)c1ccc(-c2ccnnc2)nn1. The van der Waals surface area contributed by atoms with Gasteiger partial charge in [-0.2, -0.15) is 10.2 Å². The second-order valence-electron chi connectivity index (χ2n) is 5.01. The summed E-state index contributed by atoms with van der Waals surface area (Å²) >= 11 is 0. The van der Waals surface area contributed by atoms with Crippen LogP contribution in [0.5, 0.6) is 0 Å². The molecule has 0 unspecified atom stereocenters. The maximum atomic E-state index is 13.4. The van der Waals surface area contributed by atoms with Crippen molar-refractivity contribution in [2.24, 2.45) is 0 Å². The van der Waals surface area contributed by atoms with E-state index >= 15 is 0 Å². The number of carbonyl (C=O) groups excluding carboxylic acids is 1. The predicted octanol–water partition coefficient (Wildman–Crippen LogP) is 2.16. The van der Waals surface area contributed by atoms with Gasteiger partial charge >= 0.3 is 5.97 Å². The fraction of sp³-hybridized carbons (Fsp3) is 0. The number of nitrogens with zero attached hydrogens (tertiary/aromatic N) is 4. The van der Waals surface area contributed by atoms with E-state index in [1.807, 2.05) is 0 Å². The molecule has 0 spiro atoms. The number of carboxylic acid groups (broad SMARTS) is 1. The molecule has 2 heterocycles. The number of halogens is 2. The van der Waals surface area contributed by atoms with Gasteiger partial charge < -0.3 is 10.4 Å². The van der Waals surface area contributed by atoms with Gasteiger partial charge in [-0.05, 0) is 24.3 Å². The van der Waals surface area contributed by atoms with Crippen LogP contribution in [0.3, 0.4) is 0 Å². The highest BCUT2D eigenvalue weighted by molar-refractivity contribution is 6.06. The van der Waals surface area contributed by atoms with E-state index in [-0.39, 0.29) is 5.69 Å². The number of benzene rings is 1. The number of hydrogen-bond acceptors (Lipinski definition) is 6. The van der Waals surface area contributed by atoms with Crippen molar-refractivity contribution < 1.29 is 23.5 Å². The van der Waals surface area contributed by atoms with Crippen LogP contribution in [0, 0.1) is 11.6 Å². The summed E-state index contributed by atoms with van der Waals surface area (Å²) in [6.07, 6.45) is 2.93. The molecule has 0 aliphatic heterocycles. The standard InChI is InChI=1S/C16H9F2N5O3/c17-10-5-9(16(25)26)14(6-11(10)18)21-15(24)13-2-1-12(22-23-13)8-3-4-19-20-7-8/h1-7H,(H,21,24)(H,25,26). The Morgan fingerprint density at radius 2 is 1.77 bits per heavy atom. The third kappa shape index (κ3) is 3.48. The molecular weight excluding hydrogens is 348 g/mol. The van der Waals surface area contributed by atoms with Crippen LogP contribution in [0.1, 0.15) is 20.8 Å². The molecule has 26 heavy (non-hydrogen) atoms. The van der Waals surface area contributed by atoms with E-state index in [1.165, 1.54) is 24.5 Å². The lowest BCUT2D eigenvalue weighted by atomic mass is 10.1. The molecule has 3 aromatic rings. The lowest BCUT2D eigenvalue weighted by molar-refractivity contribution is 0.0697. The van der Waals surface area contributed by atoms with Gasteiger partial charge in [-0.3, -0.25) is 4.79 Å². The third-order valence-corrected chi connectivity index (χ3v) is 3.32. The summed E-state index contributed by atoms with van der Waals surface area (Å²) in [5.41, 5.74) is -0.0594. The molecule has 0 fully saturated rings. The summed E-state index contributed by atoms with van der Waals surface area (Å²) in [5.74, 6) is -4.98. The molecule has 0 bridgehead atoms.